The third kappa shape index (κ3) is 2.40. The number of aryl methyl sites for hydroxylation is 2. The fourth-order valence-corrected chi connectivity index (χ4v) is 2.61. The van der Waals surface area contributed by atoms with Gasteiger partial charge in [0, 0.05) is 31.7 Å². The summed E-state index contributed by atoms with van der Waals surface area (Å²) in [5, 5.41) is 4.33. The number of likely N-dealkylation sites (N-methyl/N-ethyl adjacent to an activating group) is 1. The first-order valence-corrected chi connectivity index (χ1v) is 7.11. The number of carbonyl (C=O) groups is 1. The number of nitrogens with two attached hydrogens (primary N) is 1. The van der Waals surface area contributed by atoms with Crippen molar-refractivity contribution in [3.63, 3.8) is 0 Å². The molecule has 20 heavy (non-hydrogen) atoms. The molecule has 0 aliphatic carbocycles. The zero-order valence-electron chi connectivity index (χ0n) is 13.1. The molecule has 0 bridgehead atoms. The molecule has 0 spiro atoms. The summed E-state index contributed by atoms with van der Waals surface area (Å²) in [6.07, 6.45) is 0. The molecule has 1 aliphatic rings. The molecule has 0 atom stereocenters. The first-order valence-electron chi connectivity index (χ1n) is 7.11. The van der Waals surface area contributed by atoms with E-state index in [1.165, 1.54) is 0 Å². The number of amides is 1. The van der Waals surface area contributed by atoms with Crippen LogP contribution in [0.5, 0.6) is 0 Å². The molecule has 2 rings (SSSR count). The Morgan fingerprint density at radius 1 is 1.40 bits per heavy atom. The lowest BCUT2D eigenvalue weighted by Gasteiger charge is -2.45. The van der Waals surface area contributed by atoms with Crippen LogP contribution in [0.15, 0.2) is 0 Å². The molecule has 0 aromatic carbocycles. The van der Waals surface area contributed by atoms with Crippen LogP contribution in [0.4, 0.5) is 5.69 Å². The van der Waals surface area contributed by atoms with Crippen LogP contribution in [0, 0.1) is 6.92 Å². The fraction of sp³-hybridized carbons (Fsp3) is 0.714. The maximum atomic E-state index is 12.8. The van der Waals surface area contributed by atoms with Crippen LogP contribution < -0.4 is 5.73 Å². The number of carbonyl (C=O) groups excluding carboxylic acids is 1. The highest BCUT2D eigenvalue weighted by Crippen LogP contribution is 2.23. The highest BCUT2D eigenvalue weighted by atomic mass is 16.2. The van der Waals surface area contributed by atoms with Crippen LogP contribution in [-0.2, 0) is 6.54 Å². The molecule has 1 aliphatic heterocycles. The zero-order chi connectivity index (χ0) is 15.1. The van der Waals surface area contributed by atoms with Crippen LogP contribution in [-0.4, -0.2) is 57.7 Å². The van der Waals surface area contributed by atoms with Gasteiger partial charge in [0.1, 0.15) is 5.69 Å². The number of aromatic nitrogens is 2. The number of anilines is 1. The first kappa shape index (κ1) is 14.8. The summed E-state index contributed by atoms with van der Waals surface area (Å²) in [4.78, 5) is 16.9. The largest absolute Gasteiger partial charge is 0.395 e. The Balaban J connectivity index is 2.29. The number of hydrogen-bond donors (Lipinski definition) is 1. The molecule has 2 N–H and O–H groups in total. The number of piperazine rings is 1. The van der Waals surface area contributed by atoms with Gasteiger partial charge in [0.05, 0.1) is 11.4 Å². The lowest BCUT2D eigenvalue weighted by Crippen LogP contribution is -2.59. The van der Waals surface area contributed by atoms with E-state index in [1.807, 2.05) is 18.7 Å². The van der Waals surface area contributed by atoms with Gasteiger partial charge in [-0.05, 0) is 34.7 Å². The Morgan fingerprint density at radius 2 is 2.05 bits per heavy atom. The predicted molar refractivity (Wildman–Crippen MR) is 79.7 cm³/mol. The molecule has 1 aromatic heterocycles. The van der Waals surface area contributed by atoms with Crippen molar-refractivity contribution < 1.29 is 4.79 Å². The minimum atomic E-state index is -0.0191. The van der Waals surface area contributed by atoms with E-state index in [4.69, 9.17) is 5.73 Å². The average molecular weight is 279 g/mol. The van der Waals surface area contributed by atoms with Crippen LogP contribution >= 0.6 is 0 Å². The van der Waals surface area contributed by atoms with Gasteiger partial charge in [0.25, 0.3) is 5.91 Å². The predicted octanol–water partition coefficient (Wildman–Crippen LogP) is 0.960. The minimum absolute atomic E-state index is 0.00822. The maximum absolute atomic E-state index is 12.8. The Morgan fingerprint density at radius 3 is 2.60 bits per heavy atom. The van der Waals surface area contributed by atoms with Crippen LogP contribution in [0.25, 0.3) is 0 Å². The van der Waals surface area contributed by atoms with Crippen LogP contribution in [0.2, 0.25) is 0 Å². The third-order valence-corrected chi connectivity index (χ3v) is 4.28. The SMILES string of the molecule is CCn1nc(C)c(N)c1C(=O)N1CCN(C)C(C)(C)C1. The Kier molecular flexibility index (Phi) is 3.77. The van der Waals surface area contributed by atoms with Gasteiger partial charge in [0.2, 0.25) is 0 Å². The van der Waals surface area contributed by atoms with E-state index in [0.717, 1.165) is 18.8 Å². The summed E-state index contributed by atoms with van der Waals surface area (Å²) < 4.78 is 1.71. The van der Waals surface area contributed by atoms with E-state index in [-0.39, 0.29) is 11.4 Å². The van der Waals surface area contributed by atoms with E-state index in [0.29, 0.717) is 24.5 Å². The molecule has 0 saturated carbocycles. The molecular formula is C14H25N5O. The summed E-state index contributed by atoms with van der Waals surface area (Å²) in [5.41, 5.74) is 7.79. The molecule has 0 unspecified atom stereocenters. The van der Waals surface area contributed by atoms with E-state index < -0.39 is 0 Å². The number of hydrogen-bond acceptors (Lipinski definition) is 4. The molecule has 6 nitrogen and oxygen atoms in total. The van der Waals surface area contributed by atoms with Gasteiger partial charge < -0.3 is 10.6 Å². The van der Waals surface area contributed by atoms with Crippen molar-refractivity contribution in [2.75, 3.05) is 32.4 Å². The lowest BCUT2D eigenvalue weighted by molar-refractivity contribution is 0.0303. The zero-order valence-corrected chi connectivity index (χ0v) is 13.1. The van der Waals surface area contributed by atoms with Gasteiger partial charge in [-0.15, -0.1) is 0 Å². The van der Waals surface area contributed by atoms with E-state index >= 15 is 0 Å². The molecule has 0 radical (unpaired) electrons. The molecule has 112 valence electrons. The van der Waals surface area contributed by atoms with Gasteiger partial charge in [-0.25, -0.2) is 0 Å². The third-order valence-electron chi connectivity index (χ3n) is 4.28. The van der Waals surface area contributed by atoms with Crippen LogP contribution in [0.3, 0.4) is 0 Å². The summed E-state index contributed by atoms with van der Waals surface area (Å²) in [5.74, 6) is -0.00822. The Hall–Kier alpha value is -1.56. The first-order chi connectivity index (χ1) is 9.27. The quantitative estimate of drug-likeness (QED) is 0.875. The van der Waals surface area contributed by atoms with Crippen molar-refractivity contribution >= 4 is 11.6 Å². The smallest absolute Gasteiger partial charge is 0.274 e. The maximum Gasteiger partial charge on any atom is 0.274 e. The second kappa shape index (κ2) is 5.09. The standard InChI is InChI=1S/C14H25N5O/c1-6-19-12(11(15)10(2)16-19)13(20)18-8-7-17(5)14(3,4)9-18/h6-9,15H2,1-5H3. The normalized spacial score (nSPS) is 19.4. The van der Waals surface area contributed by atoms with Crippen molar-refractivity contribution in [2.24, 2.45) is 0 Å². The van der Waals surface area contributed by atoms with Crippen molar-refractivity contribution in [1.29, 1.82) is 0 Å². The van der Waals surface area contributed by atoms with Gasteiger partial charge in [-0.3, -0.25) is 14.4 Å². The van der Waals surface area contributed by atoms with Crippen molar-refractivity contribution in [2.45, 2.75) is 39.8 Å². The average Bonchev–Trinajstić information content (AvgIpc) is 2.67. The van der Waals surface area contributed by atoms with Crippen molar-refractivity contribution in [1.82, 2.24) is 19.6 Å². The fourth-order valence-electron chi connectivity index (χ4n) is 2.61. The molecule has 1 fully saturated rings. The Labute approximate surface area is 120 Å². The highest BCUT2D eigenvalue weighted by molar-refractivity contribution is 5.98. The summed E-state index contributed by atoms with van der Waals surface area (Å²) in [7, 11) is 2.09. The number of nitrogens with zero attached hydrogens (tertiary/aromatic N) is 4. The topological polar surface area (TPSA) is 67.4 Å². The summed E-state index contributed by atoms with van der Waals surface area (Å²) in [6, 6.07) is 0. The highest BCUT2D eigenvalue weighted by Gasteiger charge is 2.35. The second-order valence-corrected chi connectivity index (χ2v) is 6.12. The van der Waals surface area contributed by atoms with Gasteiger partial charge in [-0.2, -0.15) is 5.10 Å². The minimum Gasteiger partial charge on any atom is -0.395 e. The van der Waals surface area contributed by atoms with Gasteiger partial charge >= 0.3 is 0 Å². The molecular weight excluding hydrogens is 254 g/mol. The second-order valence-electron chi connectivity index (χ2n) is 6.12. The molecule has 2 heterocycles. The van der Waals surface area contributed by atoms with E-state index in [9.17, 15) is 4.79 Å². The van der Waals surface area contributed by atoms with E-state index in [1.54, 1.807) is 4.68 Å². The lowest BCUT2D eigenvalue weighted by atomic mass is 9.99. The number of nitrogen functional groups attached to an aromatic ring is 1. The van der Waals surface area contributed by atoms with Crippen LogP contribution in [0.1, 0.15) is 37.0 Å². The van der Waals surface area contributed by atoms with E-state index in [2.05, 4.69) is 30.9 Å². The van der Waals surface area contributed by atoms with Crippen molar-refractivity contribution in [3.05, 3.63) is 11.4 Å². The summed E-state index contributed by atoms with van der Waals surface area (Å²) >= 11 is 0. The number of rotatable bonds is 2. The Bertz CT molecular complexity index is 520. The molecule has 1 saturated heterocycles. The summed E-state index contributed by atoms with van der Waals surface area (Å²) in [6.45, 7) is 11.1. The van der Waals surface area contributed by atoms with Crippen molar-refractivity contribution in [3.8, 4) is 0 Å². The van der Waals surface area contributed by atoms with Gasteiger partial charge in [-0.1, -0.05) is 0 Å². The molecule has 6 heteroatoms. The molecule has 1 aromatic rings. The monoisotopic (exact) mass is 279 g/mol. The molecule has 1 amide bonds. The van der Waals surface area contributed by atoms with Gasteiger partial charge in [0.15, 0.2) is 0 Å².